The van der Waals surface area contributed by atoms with Crippen molar-refractivity contribution in [3.05, 3.63) is 64.7 Å². The lowest BCUT2D eigenvalue weighted by Crippen LogP contribution is -2.25. The van der Waals surface area contributed by atoms with Crippen LogP contribution in [0.25, 0.3) is 0 Å². The van der Waals surface area contributed by atoms with E-state index in [4.69, 9.17) is 4.74 Å². The Balaban J connectivity index is 1.41. The van der Waals surface area contributed by atoms with Crippen molar-refractivity contribution in [3.63, 3.8) is 0 Å². The minimum Gasteiger partial charge on any atom is -0.425 e. The molecule has 3 heteroatoms. The minimum atomic E-state index is -0.180. The highest BCUT2D eigenvalue weighted by atomic mass is 16.5. The summed E-state index contributed by atoms with van der Waals surface area (Å²) < 4.78 is 5.74. The van der Waals surface area contributed by atoms with E-state index in [2.05, 4.69) is 44.2 Å². The third-order valence-corrected chi connectivity index (χ3v) is 8.27. The molecule has 0 spiro atoms. The van der Waals surface area contributed by atoms with E-state index in [1.54, 1.807) is 0 Å². The van der Waals surface area contributed by atoms with Gasteiger partial charge >= 0.3 is 5.97 Å². The zero-order chi connectivity index (χ0) is 27.0. The molecule has 0 amide bonds. The van der Waals surface area contributed by atoms with Crippen LogP contribution in [0.3, 0.4) is 0 Å². The highest BCUT2D eigenvalue weighted by Crippen LogP contribution is 2.37. The highest BCUT2D eigenvalue weighted by molar-refractivity contribution is 5.76. The first kappa shape index (κ1) is 29.9. The second-order valence-corrected chi connectivity index (χ2v) is 11.3. The molecule has 1 aliphatic carbocycles. The van der Waals surface area contributed by atoms with Crippen LogP contribution in [0.1, 0.15) is 138 Å². The maximum Gasteiger partial charge on any atom is 0.314 e. The summed E-state index contributed by atoms with van der Waals surface area (Å²) in [6, 6.07) is 17.2. The van der Waals surface area contributed by atoms with E-state index in [1.807, 2.05) is 18.2 Å². The molecule has 0 unspecified atom stereocenters. The van der Waals surface area contributed by atoms with Crippen LogP contribution in [-0.4, -0.2) is 5.97 Å². The van der Waals surface area contributed by atoms with Crippen molar-refractivity contribution in [2.45, 2.75) is 129 Å². The molecule has 0 aliphatic heterocycles. The fourth-order valence-corrected chi connectivity index (χ4v) is 5.76. The summed E-state index contributed by atoms with van der Waals surface area (Å²) in [7, 11) is 0. The van der Waals surface area contributed by atoms with Crippen molar-refractivity contribution < 1.29 is 9.53 Å². The number of carbonyl (C=O) groups is 1. The van der Waals surface area contributed by atoms with Crippen molar-refractivity contribution in [2.24, 2.45) is 5.92 Å². The molecule has 0 N–H and O–H groups in total. The summed E-state index contributed by atoms with van der Waals surface area (Å²) in [5.74, 6) is 0.672. The smallest absolute Gasteiger partial charge is 0.314 e. The SMILES string of the molecule is CCCCCCCCCc1ccc(C2CCC(C(=O)Oc3ccc(CCCCCC)cc3C#N)CC2)cc1. The predicted octanol–water partition coefficient (Wildman–Crippen LogP) is 9.85. The molecule has 38 heavy (non-hydrogen) atoms. The van der Waals surface area contributed by atoms with Gasteiger partial charge in [0.15, 0.2) is 0 Å². The molecule has 3 nitrogen and oxygen atoms in total. The van der Waals surface area contributed by atoms with Crippen LogP contribution in [-0.2, 0) is 17.6 Å². The first-order chi connectivity index (χ1) is 18.6. The summed E-state index contributed by atoms with van der Waals surface area (Å²) >= 11 is 0. The van der Waals surface area contributed by atoms with Gasteiger partial charge in [-0.1, -0.05) is 102 Å². The van der Waals surface area contributed by atoms with Gasteiger partial charge in [-0.05, 0) is 86.1 Å². The minimum absolute atomic E-state index is 0.0805. The van der Waals surface area contributed by atoms with Crippen LogP contribution in [0.4, 0.5) is 0 Å². The van der Waals surface area contributed by atoms with Gasteiger partial charge in [0.2, 0.25) is 0 Å². The average molecular weight is 516 g/mol. The number of aryl methyl sites for hydroxylation is 2. The standard InChI is InChI=1S/C35H49NO2/c1-3-5-7-9-10-11-13-14-28-16-19-30(20-17-28)31-21-23-32(24-22-31)35(37)38-34-25-18-29(26-33(34)27-36)15-12-8-6-4-2/h16-20,25-26,31-32H,3-15,21-24H2,1-2H3. The Morgan fingerprint density at radius 3 is 1.95 bits per heavy atom. The molecule has 1 saturated carbocycles. The van der Waals surface area contributed by atoms with Crippen LogP contribution in [0.15, 0.2) is 42.5 Å². The highest BCUT2D eigenvalue weighted by Gasteiger charge is 2.29. The van der Waals surface area contributed by atoms with Crippen LogP contribution in [0.5, 0.6) is 5.75 Å². The fourth-order valence-electron chi connectivity index (χ4n) is 5.76. The molecule has 206 valence electrons. The molecule has 1 aliphatic rings. The van der Waals surface area contributed by atoms with Gasteiger partial charge in [0, 0.05) is 0 Å². The van der Waals surface area contributed by atoms with Gasteiger partial charge in [0.25, 0.3) is 0 Å². The van der Waals surface area contributed by atoms with Gasteiger partial charge in [-0.2, -0.15) is 5.26 Å². The van der Waals surface area contributed by atoms with Gasteiger partial charge < -0.3 is 4.74 Å². The van der Waals surface area contributed by atoms with E-state index in [0.29, 0.717) is 17.2 Å². The number of benzene rings is 2. The van der Waals surface area contributed by atoms with Gasteiger partial charge in [0.1, 0.15) is 11.8 Å². The predicted molar refractivity (Wildman–Crippen MR) is 157 cm³/mol. The fraction of sp³-hybridized carbons (Fsp3) is 0.600. The normalized spacial score (nSPS) is 17.2. The van der Waals surface area contributed by atoms with Crippen molar-refractivity contribution in [1.29, 1.82) is 5.26 Å². The van der Waals surface area contributed by atoms with Crippen LogP contribution >= 0.6 is 0 Å². The quantitative estimate of drug-likeness (QED) is 0.127. The van der Waals surface area contributed by atoms with Gasteiger partial charge in [-0.25, -0.2) is 0 Å². The van der Waals surface area contributed by atoms with E-state index in [-0.39, 0.29) is 11.9 Å². The van der Waals surface area contributed by atoms with Crippen molar-refractivity contribution in [3.8, 4) is 11.8 Å². The molecule has 0 saturated heterocycles. The first-order valence-electron chi connectivity index (χ1n) is 15.5. The molecule has 0 bridgehead atoms. The number of esters is 1. The summed E-state index contributed by atoms with van der Waals surface area (Å²) in [5.41, 5.74) is 4.46. The van der Waals surface area contributed by atoms with E-state index in [1.165, 1.54) is 81.8 Å². The number of unbranched alkanes of at least 4 members (excludes halogenated alkanes) is 9. The third-order valence-electron chi connectivity index (χ3n) is 8.27. The summed E-state index contributed by atoms with van der Waals surface area (Å²) in [5, 5.41) is 9.61. The topological polar surface area (TPSA) is 50.1 Å². The molecular weight excluding hydrogens is 466 g/mol. The van der Waals surface area contributed by atoms with Gasteiger partial charge in [-0.3, -0.25) is 4.79 Å². The largest absolute Gasteiger partial charge is 0.425 e. The van der Waals surface area contributed by atoms with E-state index in [9.17, 15) is 10.1 Å². The van der Waals surface area contributed by atoms with E-state index >= 15 is 0 Å². The van der Waals surface area contributed by atoms with Gasteiger partial charge in [0.05, 0.1) is 11.5 Å². The molecule has 0 atom stereocenters. The Bertz CT molecular complexity index is 996. The number of nitriles is 1. The second kappa shape index (κ2) is 17.1. The number of hydrogen-bond donors (Lipinski definition) is 0. The first-order valence-corrected chi connectivity index (χ1v) is 15.5. The Labute approximate surface area is 232 Å². The van der Waals surface area contributed by atoms with Crippen molar-refractivity contribution in [1.82, 2.24) is 0 Å². The number of ether oxygens (including phenoxy) is 1. The second-order valence-electron chi connectivity index (χ2n) is 11.3. The summed E-state index contributed by atoms with van der Waals surface area (Å²) in [6.45, 7) is 4.48. The maximum atomic E-state index is 12.9. The Morgan fingerprint density at radius 2 is 1.32 bits per heavy atom. The number of hydrogen-bond acceptors (Lipinski definition) is 3. The number of carbonyl (C=O) groups excluding carboxylic acids is 1. The Kier molecular flexibility index (Phi) is 13.5. The molecule has 0 radical (unpaired) electrons. The average Bonchev–Trinajstić information content (AvgIpc) is 2.96. The lowest BCUT2D eigenvalue weighted by Gasteiger charge is -2.27. The molecule has 2 aromatic carbocycles. The van der Waals surface area contributed by atoms with Crippen molar-refractivity contribution in [2.75, 3.05) is 0 Å². The van der Waals surface area contributed by atoms with E-state index < -0.39 is 0 Å². The summed E-state index contributed by atoms with van der Waals surface area (Å²) in [4.78, 5) is 12.9. The Hall–Kier alpha value is -2.60. The number of rotatable bonds is 16. The van der Waals surface area contributed by atoms with Crippen LogP contribution in [0, 0.1) is 17.2 Å². The molecule has 1 fully saturated rings. The van der Waals surface area contributed by atoms with Crippen LogP contribution in [0.2, 0.25) is 0 Å². The Morgan fingerprint density at radius 1 is 0.763 bits per heavy atom. The molecular formula is C35H49NO2. The molecule has 3 rings (SSSR count). The summed E-state index contributed by atoms with van der Waals surface area (Å²) in [6.07, 6.45) is 20.1. The molecule has 0 aromatic heterocycles. The maximum absolute atomic E-state index is 12.9. The lowest BCUT2D eigenvalue weighted by atomic mass is 9.78. The lowest BCUT2D eigenvalue weighted by molar-refractivity contribution is -0.140. The van der Waals surface area contributed by atoms with Crippen LogP contribution < -0.4 is 4.74 Å². The van der Waals surface area contributed by atoms with E-state index in [0.717, 1.165) is 44.1 Å². The molecule has 0 heterocycles. The monoisotopic (exact) mass is 515 g/mol. The molecule has 2 aromatic rings. The third kappa shape index (κ3) is 9.94. The zero-order valence-electron chi connectivity index (χ0n) is 24.0. The van der Waals surface area contributed by atoms with Gasteiger partial charge in [-0.15, -0.1) is 0 Å². The van der Waals surface area contributed by atoms with Crippen molar-refractivity contribution >= 4 is 5.97 Å². The number of nitrogens with zero attached hydrogens (tertiary/aromatic N) is 1. The zero-order valence-corrected chi connectivity index (χ0v) is 24.0.